The molecule has 1 rings (SSSR count). The first-order chi connectivity index (χ1) is 7.04. The minimum Gasteiger partial charge on any atom is -0.507 e. The summed E-state index contributed by atoms with van der Waals surface area (Å²) in [5.41, 5.74) is 0.246. The zero-order chi connectivity index (χ0) is 11.4. The number of phenols is 1. The molecule has 0 saturated heterocycles. The Morgan fingerprint density at radius 2 is 2.33 bits per heavy atom. The van der Waals surface area contributed by atoms with Gasteiger partial charge in [0.15, 0.2) is 0 Å². The van der Waals surface area contributed by atoms with Crippen LogP contribution in [0.4, 0.5) is 0 Å². The van der Waals surface area contributed by atoms with Crippen molar-refractivity contribution in [3.8, 4) is 5.75 Å². The Labute approximate surface area is 102 Å². The van der Waals surface area contributed by atoms with E-state index in [-0.39, 0.29) is 23.3 Å². The van der Waals surface area contributed by atoms with Gasteiger partial charge in [-0.2, -0.15) is 0 Å². The summed E-state index contributed by atoms with van der Waals surface area (Å²) >= 11 is 8.76. The second-order valence-electron chi connectivity index (χ2n) is 3.19. The van der Waals surface area contributed by atoms with Gasteiger partial charge in [-0.15, -0.1) is 11.6 Å². The molecule has 1 atom stereocenters. The predicted octanol–water partition coefficient (Wildman–Crippen LogP) is 2.51. The molecule has 0 aliphatic carbocycles. The molecule has 0 aliphatic heterocycles. The van der Waals surface area contributed by atoms with Crippen molar-refractivity contribution in [1.82, 2.24) is 5.32 Å². The molecule has 1 aromatic rings. The van der Waals surface area contributed by atoms with Gasteiger partial charge in [-0.1, -0.05) is 15.9 Å². The number of hydrogen-bond donors (Lipinski definition) is 2. The predicted molar refractivity (Wildman–Crippen MR) is 63.5 cm³/mol. The fourth-order valence-corrected chi connectivity index (χ4v) is 1.46. The molecule has 0 spiro atoms. The number of carbonyl (C=O) groups is 1. The zero-order valence-electron chi connectivity index (χ0n) is 8.13. The molecule has 1 amide bonds. The molecule has 0 aromatic heterocycles. The Balaban J connectivity index is 2.82. The van der Waals surface area contributed by atoms with E-state index in [1.807, 2.05) is 0 Å². The highest BCUT2D eigenvalue weighted by molar-refractivity contribution is 9.10. The number of benzene rings is 1. The van der Waals surface area contributed by atoms with E-state index >= 15 is 0 Å². The quantitative estimate of drug-likeness (QED) is 0.841. The summed E-state index contributed by atoms with van der Waals surface area (Å²) in [5, 5.41) is 12.2. The van der Waals surface area contributed by atoms with Gasteiger partial charge < -0.3 is 10.4 Å². The lowest BCUT2D eigenvalue weighted by molar-refractivity contribution is 0.0941. The minimum absolute atomic E-state index is 0.0522. The van der Waals surface area contributed by atoms with Crippen LogP contribution in [0.15, 0.2) is 22.7 Å². The van der Waals surface area contributed by atoms with Crippen LogP contribution in [0.5, 0.6) is 5.75 Å². The van der Waals surface area contributed by atoms with Gasteiger partial charge in [-0.05, 0) is 25.1 Å². The van der Waals surface area contributed by atoms with Crippen molar-refractivity contribution >= 4 is 33.4 Å². The van der Waals surface area contributed by atoms with Gasteiger partial charge in [0.25, 0.3) is 5.91 Å². The maximum atomic E-state index is 11.6. The maximum absolute atomic E-state index is 11.6. The van der Waals surface area contributed by atoms with Crippen LogP contribution in [0.25, 0.3) is 0 Å². The largest absolute Gasteiger partial charge is 0.507 e. The van der Waals surface area contributed by atoms with E-state index in [1.54, 1.807) is 19.1 Å². The summed E-state index contributed by atoms with van der Waals surface area (Å²) < 4.78 is 0.724. The van der Waals surface area contributed by atoms with Crippen LogP contribution in [0.2, 0.25) is 0 Å². The summed E-state index contributed by atoms with van der Waals surface area (Å²) in [4.78, 5) is 11.6. The van der Waals surface area contributed by atoms with Gasteiger partial charge >= 0.3 is 0 Å². The average Bonchev–Trinajstić information content (AvgIpc) is 2.17. The molecule has 1 unspecified atom stereocenters. The Bertz CT molecular complexity index is 370. The molecule has 0 fully saturated rings. The average molecular weight is 293 g/mol. The van der Waals surface area contributed by atoms with Crippen molar-refractivity contribution in [1.29, 1.82) is 0 Å². The number of rotatable bonds is 3. The van der Waals surface area contributed by atoms with Crippen LogP contribution in [0.3, 0.4) is 0 Å². The third-order valence-corrected chi connectivity index (χ3v) is 2.77. The van der Waals surface area contributed by atoms with E-state index in [4.69, 9.17) is 11.6 Å². The Hall–Kier alpha value is -0.740. The monoisotopic (exact) mass is 291 g/mol. The van der Waals surface area contributed by atoms with Gasteiger partial charge in [0.1, 0.15) is 5.75 Å². The zero-order valence-corrected chi connectivity index (χ0v) is 10.5. The Kier molecular flexibility index (Phi) is 4.42. The van der Waals surface area contributed by atoms with Crippen molar-refractivity contribution in [3.63, 3.8) is 0 Å². The smallest absolute Gasteiger partial charge is 0.255 e. The first-order valence-corrected chi connectivity index (χ1v) is 5.72. The van der Waals surface area contributed by atoms with Crippen LogP contribution in [-0.4, -0.2) is 22.9 Å². The number of phenolic OH excluding ortho intramolecular Hbond substituents is 1. The van der Waals surface area contributed by atoms with Crippen molar-refractivity contribution in [2.45, 2.75) is 13.0 Å². The van der Waals surface area contributed by atoms with Crippen molar-refractivity contribution in [3.05, 3.63) is 28.2 Å². The highest BCUT2D eigenvalue weighted by Crippen LogP contribution is 2.22. The summed E-state index contributed by atoms with van der Waals surface area (Å²) in [7, 11) is 0. The normalized spacial score (nSPS) is 12.2. The van der Waals surface area contributed by atoms with Crippen LogP contribution >= 0.6 is 27.5 Å². The van der Waals surface area contributed by atoms with Crippen LogP contribution in [0, 0.1) is 0 Å². The van der Waals surface area contributed by atoms with Gasteiger partial charge in [0, 0.05) is 16.4 Å². The summed E-state index contributed by atoms with van der Waals surface area (Å²) in [6, 6.07) is 4.60. The second-order valence-corrected chi connectivity index (χ2v) is 4.41. The fourth-order valence-electron chi connectivity index (χ4n) is 1.04. The summed E-state index contributed by atoms with van der Waals surface area (Å²) in [6.45, 7) is 1.79. The minimum atomic E-state index is -0.326. The number of halogens is 2. The van der Waals surface area contributed by atoms with E-state index in [0.717, 1.165) is 4.47 Å². The number of nitrogens with one attached hydrogen (secondary N) is 1. The summed E-state index contributed by atoms with van der Waals surface area (Å²) in [6.07, 6.45) is 0. The molecule has 82 valence electrons. The third-order valence-electron chi connectivity index (χ3n) is 1.81. The summed E-state index contributed by atoms with van der Waals surface area (Å²) in [5.74, 6) is -0.0416. The van der Waals surface area contributed by atoms with E-state index in [9.17, 15) is 9.90 Å². The van der Waals surface area contributed by atoms with E-state index < -0.39 is 0 Å². The van der Waals surface area contributed by atoms with Gasteiger partial charge in [0.05, 0.1) is 5.56 Å². The molecule has 5 heteroatoms. The van der Waals surface area contributed by atoms with Crippen LogP contribution in [-0.2, 0) is 0 Å². The van der Waals surface area contributed by atoms with Gasteiger partial charge in [0.2, 0.25) is 0 Å². The molecule has 0 aliphatic rings. The molecule has 0 bridgehead atoms. The van der Waals surface area contributed by atoms with E-state index in [1.165, 1.54) is 6.07 Å². The molecule has 3 nitrogen and oxygen atoms in total. The molecule has 0 saturated carbocycles. The fraction of sp³-hybridized carbons (Fsp3) is 0.300. The molecule has 2 N–H and O–H groups in total. The maximum Gasteiger partial charge on any atom is 0.255 e. The second kappa shape index (κ2) is 5.37. The Morgan fingerprint density at radius 1 is 1.67 bits per heavy atom. The SMILES string of the molecule is CC(CCl)NC(=O)c1ccc(Br)cc1O. The highest BCUT2D eigenvalue weighted by atomic mass is 79.9. The molecular formula is C10H11BrClNO2. The molecule has 1 aromatic carbocycles. The molecular weight excluding hydrogens is 281 g/mol. The molecule has 0 radical (unpaired) electrons. The van der Waals surface area contributed by atoms with Gasteiger partial charge in [-0.3, -0.25) is 4.79 Å². The molecule has 0 heterocycles. The first kappa shape index (κ1) is 12.3. The van der Waals surface area contributed by atoms with Crippen LogP contribution in [0.1, 0.15) is 17.3 Å². The molecule has 15 heavy (non-hydrogen) atoms. The lowest BCUT2D eigenvalue weighted by Crippen LogP contribution is -2.33. The lowest BCUT2D eigenvalue weighted by Gasteiger charge is -2.11. The van der Waals surface area contributed by atoms with Crippen molar-refractivity contribution < 1.29 is 9.90 Å². The Morgan fingerprint density at radius 3 is 2.87 bits per heavy atom. The topological polar surface area (TPSA) is 49.3 Å². The third kappa shape index (κ3) is 3.39. The first-order valence-electron chi connectivity index (χ1n) is 4.40. The number of alkyl halides is 1. The number of hydrogen-bond acceptors (Lipinski definition) is 2. The number of amides is 1. The van der Waals surface area contributed by atoms with Crippen molar-refractivity contribution in [2.24, 2.45) is 0 Å². The highest BCUT2D eigenvalue weighted by Gasteiger charge is 2.12. The lowest BCUT2D eigenvalue weighted by atomic mass is 10.2. The standard InChI is InChI=1S/C10H11BrClNO2/c1-6(5-12)13-10(15)8-3-2-7(11)4-9(8)14/h2-4,6,14H,5H2,1H3,(H,13,15). The number of aromatic hydroxyl groups is 1. The van der Waals surface area contributed by atoms with Crippen LogP contribution < -0.4 is 5.32 Å². The van der Waals surface area contributed by atoms with E-state index in [0.29, 0.717) is 5.88 Å². The van der Waals surface area contributed by atoms with E-state index in [2.05, 4.69) is 21.2 Å². The van der Waals surface area contributed by atoms with Gasteiger partial charge in [-0.25, -0.2) is 0 Å². The van der Waals surface area contributed by atoms with Crippen molar-refractivity contribution in [2.75, 3.05) is 5.88 Å². The number of carbonyl (C=O) groups excluding carboxylic acids is 1.